The van der Waals surface area contributed by atoms with E-state index in [0.717, 1.165) is 23.7 Å². The largest absolute Gasteiger partial charge is 0.379 e. The lowest BCUT2D eigenvalue weighted by atomic mass is 10.2. The summed E-state index contributed by atoms with van der Waals surface area (Å²) in [5, 5.41) is 0. The summed E-state index contributed by atoms with van der Waals surface area (Å²) in [6, 6.07) is -0.199. The molecule has 0 aromatic rings. The molecule has 0 radical (unpaired) electrons. The summed E-state index contributed by atoms with van der Waals surface area (Å²) >= 11 is 0. The van der Waals surface area contributed by atoms with Crippen LogP contribution in [0.1, 0.15) is 12.8 Å². The lowest BCUT2D eigenvalue weighted by Gasteiger charge is -2.31. The van der Waals surface area contributed by atoms with Gasteiger partial charge in [0.25, 0.3) is 0 Å². The number of amides is 1. The minimum Gasteiger partial charge on any atom is -0.379 e. The minimum atomic E-state index is -3.43. The number of carbonyl (C=O) groups excluding carboxylic acids is 1. The minimum absolute atomic E-state index is 0.199. The fraction of sp³-hybridized carbons (Fsp3) is 0.900. The molecule has 7 heteroatoms. The first-order valence-corrected chi connectivity index (χ1v) is 7.65. The van der Waals surface area contributed by atoms with Crippen molar-refractivity contribution in [3.8, 4) is 0 Å². The highest BCUT2D eigenvalue weighted by molar-refractivity contribution is 7.88. The van der Waals surface area contributed by atoms with Crippen LogP contribution in [-0.2, 0) is 19.6 Å². The van der Waals surface area contributed by atoms with Gasteiger partial charge in [-0.2, -0.15) is 0 Å². The molecule has 2 saturated heterocycles. The van der Waals surface area contributed by atoms with Gasteiger partial charge in [-0.3, -0.25) is 9.69 Å². The summed E-state index contributed by atoms with van der Waals surface area (Å²) in [5.41, 5.74) is 0. The molecule has 1 amide bonds. The number of sulfonamides is 1. The zero-order chi connectivity index (χ0) is 12.5. The van der Waals surface area contributed by atoms with E-state index < -0.39 is 10.0 Å². The molecule has 17 heavy (non-hydrogen) atoms. The molecule has 0 bridgehead atoms. The highest BCUT2D eigenvalue weighted by Crippen LogP contribution is 2.22. The van der Waals surface area contributed by atoms with Crippen LogP contribution in [0.2, 0.25) is 0 Å². The SMILES string of the molecule is CS(=O)(=O)N1C(=O)CC[C@H]1CN1CCOCC1. The predicted octanol–water partition coefficient (Wildman–Crippen LogP) is -0.731. The van der Waals surface area contributed by atoms with E-state index in [-0.39, 0.29) is 11.9 Å². The van der Waals surface area contributed by atoms with Gasteiger partial charge in [-0.25, -0.2) is 12.7 Å². The smallest absolute Gasteiger partial charge is 0.236 e. The van der Waals surface area contributed by atoms with Gasteiger partial charge in [0.15, 0.2) is 0 Å². The highest BCUT2D eigenvalue weighted by Gasteiger charge is 2.38. The van der Waals surface area contributed by atoms with Crippen LogP contribution in [0.5, 0.6) is 0 Å². The molecular weight excluding hydrogens is 244 g/mol. The van der Waals surface area contributed by atoms with Crippen molar-refractivity contribution in [3.63, 3.8) is 0 Å². The molecule has 0 N–H and O–H groups in total. The molecule has 2 fully saturated rings. The molecule has 2 aliphatic rings. The van der Waals surface area contributed by atoms with Crippen molar-refractivity contribution in [2.75, 3.05) is 39.1 Å². The summed E-state index contributed by atoms with van der Waals surface area (Å²) in [6.45, 7) is 3.60. The van der Waals surface area contributed by atoms with Gasteiger partial charge in [0.05, 0.1) is 25.5 Å². The molecule has 2 heterocycles. The number of rotatable bonds is 3. The average molecular weight is 262 g/mol. The van der Waals surface area contributed by atoms with Gasteiger partial charge in [0.1, 0.15) is 0 Å². The van der Waals surface area contributed by atoms with Crippen LogP contribution in [0.4, 0.5) is 0 Å². The standard InChI is InChI=1S/C10H18N2O4S/c1-17(14,15)12-9(2-3-10(12)13)8-11-4-6-16-7-5-11/h9H,2-8H2,1H3/t9-/m0/s1. The number of morpholine rings is 1. The van der Waals surface area contributed by atoms with Crippen molar-refractivity contribution in [2.45, 2.75) is 18.9 Å². The molecule has 0 aromatic heterocycles. The summed E-state index contributed by atoms with van der Waals surface area (Å²) in [7, 11) is -3.43. The molecule has 2 aliphatic heterocycles. The van der Waals surface area contributed by atoms with E-state index in [4.69, 9.17) is 4.74 Å². The molecule has 0 aliphatic carbocycles. The van der Waals surface area contributed by atoms with Crippen LogP contribution in [-0.4, -0.2) is 68.7 Å². The Morgan fingerprint density at radius 2 is 2.00 bits per heavy atom. The maximum atomic E-state index is 11.6. The van der Waals surface area contributed by atoms with Gasteiger partial charge in [-0.1, -0.05) is 0 Å². The fourth-order valence-corrected chi connectivity index (χ4v) is 3.60. The van der Waals surface area contributed by atoms with Gasteiger partial charge in [0, 0.05) is 26.1 Å². The summed E-state index contributed by atoms with van der Waals surface area (Å²) in [6.07, 6.45) is 2.06. The van der Waals surface area contributed by atoms with Gasteiger partial charge < -0.3 is 4.74 Å². The predicted molar refractivity (Wildman–Crippen MR) is 62.0 cm³/mol. The Balaban J connectivity index is 2.02. The Hall–Kier alpha value is -0.660. The normalized spacial score (nSPS) is 27.7. The number of carbonyl (C=O) groups is 1. The van der Waals surface area contributed by atoms with Crippen molar-refractivity contribution in [2.24, 2.45) is 0 Å². The van der Waals surface area contributed by atoms with Gasteiger partial charge in [0.2, 0.25) is 15.9 Å². The molecule has 6 nitrogen and oxygen atoms in total. The lowest BCUT2D eigenvalue weighted by molar-refractivity contribution is -0.124. The molecular formula is C10H18N2O4S. The lowest BCUT2D eigenvalue weighted by Crippen LogP contribution is -2.47. The van der Waals surface area contributed by atoms with Crippen LogP contribution in [0.25, 0.3) is 0 Å². The van der Waals surface area contributed by atoms with E-state index in [0.29, 0.717) is 32.6 Å². The van der Waals surface area contributed by atoms with Crippen LogP contribution in [0, 0.1) is 0 Å². The zero-order valence-corrected chi connectivity index (χ0v) is 10.8. The fourth-order valence-electron chi connectivity index (χ4n) is 2.42. The van der Waals surface area contributed by atoms with Crippen LogP contribution < -0.4 is 0 Å². The first-order chi connectivity index (χ1) is 7.98. The first kappa shape index (κ1) is 12.8. The number of ether oxygens (including phenoxy) is 1. The van der Waals surface area contributed by atoms with Crippen LogP contribution in [0.15, 0.2) is 0 Å². The molecule has 0 unspecified atom stereocenters. The Morgan fingerprint density at radius 3 is 2.59 bits per heavy atom. The van der Waals surface area contributed by atoms with Gasteiger partial charge in [-0.15, -0.1) is 0 Å². The van der Waals surface area contributed by atoms with E-state index in [2.05, 4.69) is 4.90 Å². The molecule has 98 valence electrons. The third-order valence-corrected chi connectivity index (χ3v) is 4.42. The average Bonchev–Trinajstić information content (AvgIpc) is 2.60. The topological polar surface area (TPSA) is 66.9 Å². The van der Waals surface area contributed by atoms with E-state index in [1.165, 1.54) is 0 Å². The third-order valence-electron chi connectivity index (χ3n) is 3.20. The molecule has 2 rings (SSSR count). The monoisotopic (exact) mass is 262 g/mol. The quantitative estimate of drug-likeness (QED) is 0.671. The van der Waals surface area contributed by atoms with Crippen LogP contribution >= 0.6 is 0 Å². The number of hydrogen-bond acceptors (Lipinski definition) is 5. The molecule has 1 atom stereocenters. The van der Waals surface area contributed by atoms with Crippen molar-refractivity contribution < 1.29 is 17.9 Å². The molecule has 0 aromatic carbocycles. The second-order valence-electron chi connectivity index (χ2n) is 4.56. The number of hydrogen-bond donors (Lipinski definition) is 0. The number of nitrogens with zero attached hydrogens (tertiary/aromatic N) is 2. The van der Waals surface area contributed by atoms with E-state index in [1.54, 1.807) is 0 Å². The van der Waals surface area contributed by atoms with Crippen molar-refractivity contribution >= 4 is 15.9 Å². The maximum Gasteiger partial charge on any atom is 0.236 e. The Labute approximate surface area is 102 Å². The van der Waals surface area contributed by atoms with Gasteiger partial charge in [-0.05, 0) is 6.42 Å². The summed E-state index contributed by atoms with van der Waals surface area (Å²) < 4.78 is 29.4. The first-order valence-electron chi connectivity index (χ1n) is 5.81. The Bertz CT molecular complexity index is 389. The maximum absolute atomic E-state index is 11.6. The van der Waals surface area contributed by atoms with Crippen LogP contribution in [0.3, 0.4) is 0 Å². The zero-order valence-electron chi connectivity index (χ0n) is 9.96. The molecule has 0 saturated carbocycles. The third kappa shape index (κ3) is 2.97. The summed E-state index contributed by atoms with van der Waals surface area (Å²) in [4.78, 5) is 13.7. The van der Waals surface area contributed by atoms with Gasteiger partial charge >= 0.3 is 0 Å². The summed E-state index contributed by atoms with van der Waals surface area (Å²) in [5.74, 6) is -0.272. The highest BCUT2D eigenvalue weighted by atomic mass is 32.2. The van der Waals surface area contributed by atoms with E-state index in [9.17, 15) is 13.2 Å². The van der Waals surface area contributed by atoms with E-state index >= 15 is 0 Å². The Morgan fingerprint density at radius 1 is 1.35 bits per heavy atom. The Kier molecular flexibility index (Phi) is 3.70. The van der Waals surface area contributed by atoms with E-state index in [1.807, 2.05) is 0 Å². The second-order valence-corrected chi connectivity index (χ2v) is 6.42. The second kappa shape index (κ2) is 4.91. The molecule has 0 spiro atoms. The van der Waals surface area contributed by atoms with Crippen molar-refractivity contribution in [1.29, 1.82) is 0 Å². The van der Waals surface area contributed by atoms with Crippen molar-refractivity contribution in [3.05, 3.63) is 0 Å². The van der Waals surface area contributed by atoms with Crippen molar-refractivity contribution in [1.82, 2.24) is 9.21 Å².